The Kier molecular flexibility index (Phi) is 4.70. The lowest BCUT2D eigenvalue weighted by atomic mass is 10.0. The lowest BCUT2D eigenvalue weighted by Crippen LogP contribution is -2.14. The molecule has 0 aliphatic rings. The zero-order valence-corrected chi connectivity index (χ0v) is 11.6. The lowest BCUT2D eigenvalue weighted by Gasteiger charge is -2.08. The number of anilines is 1. The molecule has 0 radical (unpaired) electrons. The Hall–Kier alpha value is -2.64. The van der Waals surface area contributed by atoms with Crippen molar-refractivity contribution >= 4 is 11.6 Å². The fourth-order valence-corrected chi connectivity index (χ4v) is 1.87. The first-order valence-corrected chi connectivity index (χ1v) is 6.46. The molecule has 0 fully saturated rings. The van der Waals surface area contributed by atoms with E-state index in [1.54, 1.807) is 12.1 Å². The number of amides is 1. The summed E-state index contributed by atoms with van der Waals surface area (Å²) < 4.78 is 13.1. The zero-order chi connectivity index (χ0) is 15.2. The van der Waals surface area contributed by atoms with Crippen LogP contribution in [0.3, 0.4) is 0 Å². The number of nitrogens with two attached hydrogens (primary N) is 1. The maximum absolute atomic E-state index is 13.1. The van der Waals surface area contributed by atoms with Crippen LogP contribution in [0.2, 0.25) is 0 Å². The molecule has 0 unspecified atom stereocenters. The van der Waals surface area contributed by atoms with Gasteiger partial charge in [-0.3, -0.25) is 4.79 Å². The Morgan fingerprint density at radius 3 is 2.81 bits per heavy atom. The minimum absolute atomic E-state index is 0.221. The highest BCUT2D eigenvalue weighted by molar-refractivity contribution is 6.06. The number of hydrogen-bond donors (Lipinski definition) is 2. The Labute approximate surface area is 123 Å². The highest BCUT2D eigenvalue weighted by atomic mass is 19.1. The van der Waals surface area contributed by atoms with Crippen molar-refractivity contribution in [3.63, 3.8) is 0 Å². The van der Waals surface area contributed by atoms with Crippen LogP contribution in [-0.4, -0.2) is 12.5 Å². The normalized spacial score (nSPS) is 9.67. The van der Waals surface area contributed by atoms with Crippen molar-refractivity contribution in [3.05, 3.63) is 65.0 Å². The molecule has 0 bridgehead atoms. The van der Waals surface area contributed by atoms with Gasteiger partial charge in [0, 0.05) is 11.3 Å². The van der Waals surface area contributed by atoms with Crippen LogP contribution >= 0.6 is 0 Å². The molecular weight excluding hydrogens is 267 g/mol. The molecule has 2 aromatic rings. The zero-order valence-electron chi connectivity index (χ0n) is 11.6. The van der Waals surface area contributed by atoms with E-state index in [4.69, 9.17) is 5.73 Å². The molecule has 2 aromatic carbocycles. The van der Waals surface area contributed by atoms with Crippen molar-refractivity contribution < 1.29 is 9.18 Å². The Morgan fingerprint density at radius 1 is 1.29 bits per heavy atom. The standard InChI is InChI=1S/C17H15FN2O/c1-12-7-8-16(13(10-12)4-3-9-19)17(21)20-15-6-2-5-14(18)11-15/h2,5-8,10-11H,9,19H2,1H3,(H,20,21). The van der Waals surface area contributed by atoms with E-state index < -0.39 is 5.82 Å². The SMILES string of the molecule is Cc1ccc(C(=O)Nc2cccc(F)c2)c(C#CCN)c1. The van der Waals surface area contributed by atoms with Crippen LogP contribution in [0.25, 0.3) is 0 Å². The first-order chi connectivity index (χ1) is 10.1. The summed E-state index contributed by atoms with van der Waals surface area (Å²) in [6.07, 6.45) is 0. The predicted molar refractivity (Wildman–Crippen MR) is 81.5 cm³/mol. The number of benzene rings is 2. The minimum atomic E-state index is -0.403. The van der Waals surface area contributed by atoms with E-state index in [1.165, 1.54) is 18.2 Å². The van der Waals surface area contributed by atoms with E-state index in [9.17, 15) is 9.18 Å². The summed E-state index contributed by atoms with van der Waals surface area (Å²) in [5.74, 6) is 4.89. The molecule has 0 atom stereocenters. The molecule has 0 saturated carbocycles. The quantitative estimate of drug-likeness (QED) is 0.832. The van der Waals surface area contributed by atoms with Gasteiger partial charge in [-0.15, -0.1) is 0 Å². The Balaban J connectivity index is 2.30. The van der Waals surface area contributed by atoms with Gasteiger partial charge >= 0.3 is 0 Å². The molecule has 4 heteroatoms. The number of nitrogens with one attached hydrogen (secondary N) is 1. The second-order valence-corrected chi connectivity index (χ2v) is 4.52. The molecule has 0 aliphatic carbocycles. The third-order valence-corrected chi connectivity index (χ3v) is 2.83. The van der Waals surface area contributed by atoms with Crippen LogP contribution < -0.4 is 11.1 Å². The van der Waals surface area contributed by atoms with E-state index in [0.29, 0.717) is 16.8 Å². The van der Waals surface area contributed by atoms with Crippen LogP contribution in [0.5, 0.6) is 0 Å². The molecule has 0 saturated heterocycles. The molecule has 3 nitrogen and oxygen atoms in total. The first-order valence-electron chi connectivity index (χ1n) is 6.46. The van der Waals surface area contributed by atoms with Gasteiger partial charge in [-0.25, -0.2) is 4.39 Å². The van der Waals surface area contributed by atoms with Crippen LogP contribution in [0.15, 0.2) is 42.5 Å². The molecule has 21 heavy (non-hydrogen) atoms. The Morgan fingerprint density at radius 2 is 2.10 bits per heavy atom. The van der Waals surface area contributed by atoms with E-state index in [0.717, 1.165) is 5.56 Å². The third-order valence-electron chi connectivity index (χ3n) is 2.83. The van der Waals surface area contributed by atoms with E-state index in [-0.39, 0.29) is 12.5 Å². The van der Waals surface area contributed by atoms with Gasteiger partial charge in [0.1, 0.15) is 5.82 Å². The van der Waals surface area contributed by atoms with Gasteiger partial charge < -0.3 is 11.1 Å². The van der Waals surface area contributed by atoms with Gasteiger partial charge in [0.15, 0.2) is 0 Å². The van der Waals surface area contributed by atoms with Gasteiger partial charge in [-0.1, -0.05) is 24.0 Å². The second-order valence-electron chi connectivity index (χ2n) is 4.52. The molecule has 0 spiro atoms. The third kappa shape index (κ3) is 3.91. The Bertz CT molecular complexity index is 729. The van der Waals surface area contributed by atoms with Crippen LogP contribution in [-0.2, 0) is 0 Å². The summed E-state index contributed by atoms with van der Waals surface area (Å²) in [7, 11) is 0. The van der Waals surface area contributed by atoms with Crippen LogP contribution in [0.4, 0.5) is 10.1 Å². The average Bonchev–Trinajstić information content (AvgIpc) is 2.45. The van der Waals surface area contributed by atoms with Crippen molar-refractivity contribution in [2.24, 2.45) is 5.73 Å². The number of carbonyl (C=O) groups excluding carboxylic acids is 1. The maximum Gasteiger partial charge on any atom is 0.256 e. The van der Waals surface area contributed by atoms with Crippen molar-refractivity contribution in [2.45, 2.75) is 6.92 Å². The van der Waals surface area contributed by atoms with Crippen LogP contribution in [0, 0.1) is 24.6 Å². The van der Waals surface area contributed by atoms with Gasteiger partial charge in [-0.2, -0.15) is 0 Å². The molecule has 1 amide bonds. The van der Waals surface area contributed by atoms with Gasteiger partial charge in [0.25, 0.3) is 5.91 Å². The van der Waals surface area contributed by atoms with E-state index in [2.05, 4.69) is 17.2 Å². The van der Waals surface area contributed by atoms with Gasteiger partial charge in [0.2, 0.25) is 0 Å². The van der Waals surface area contributed by atoms with Crippen molar-refractivity contribution in [1.29, 1.82) is 0 Å². The van der Waals surface area contributed by atoms with E-state index in [1.807, 2.05) is 19.1 Å². The highest BCUT2D eigenvalue weighted by Crippen LogP contribution is 2.15. The predicted octanol–water partition coefficient (Wildman–Crippen LogP) is 2.70. The summed E-state index contributed by atoms with van der Waals surface area (Å²) >= 11 is 0. The molecule has 0 heterocycles. The van der Waals surface area contributed by atoms with E-state index >= 15 is 0 Å². The second kappa shape index (κ2) is 6.69. The molecule has 0 aliphatic heterocycles. The maximum atomic E-state index is 13.1. The van der Waals surface area contributed by atoms with Crippen molar-refractivity contribution in [2.75, 3.05) is 11.9 Å². The molecular formula is C17H15FN2O. The van der Waals surface area contributed by atoms with Crippen molar-refractivity contribution in [1.82, 2.24) is 0 Å². The number of hydrogen-bond acceptors (Lipinski definition) is 2. The summed E-state index contributed by atoms with van der Waals surface area (Å²) in [6.45, 7) is 2.14. The summed E-state index contributed by atoms with van der Waals surface area (Å²) in [4.78, 5) is 12.3. The largest absolute Gasteiger partial charge is 0.322 e. The van der Waals surface area contributed by atoms with Crippen LogP contribution in [0.1, 0.15) is 21.5 Å². The first kappa shape index (κ1) is 14.8. The lowest BCUT2D eigenvalue weighted by molar-refractivity contribution is 0.102. The number of rotatable bonds is 2. The fraction of sp³-hybridized carbons (Fsp3) is 0.118. The fourth-order valence-electron chi connectivity index (χ4n) is 1.87. The number of halogens is 1. The van der Waals surface area contributed by atoms with Gasteiger partial charge in [-0.05, 0) is 42.8 Å². The monoisotopic (exact) mass is 282 g/mol. The minimum Gasteiger partial charge on any atom is -0.322 e. The van der Waals surface area contributed by atoms with Gasteiger partial charge in [0.05, 0.1) is 12.1 Å². The summed E-state index contributed by atoms with van der Waals surface area (Å²) in [5, 5.41) is 2.66. The molecule has 106 valence electrons. The highest BCUT2D eigenvalue weighted by Gasteiger charge is 2.11. The summed E-state index contributed by atoms with van der Waals surface area (Å²) in [6, 6.07) is 11.1. The molecule has 0 aromatic heterocycles. The molecule has 3 N–H and O–H groups in total. The number of carbonyl (C=O) groups is 1. The number of aryl methyl sites for hydroxylation is 1. The average molecular weight is 282 g/mol. The summed E-state index contributed by atoms with van der Waals surface area (Å²) in [5.41, 5.74) is 7.81. The van der Waals surface area contributed by atoms with Crippen molar-refractivity contribution in [3.8, 4) is 11.8 Å². The topological polar surface area (TPSA) is 55.1 Å². The smallest absolute Gasteiger partial charge is 0.256 e. The molecule has 2 rings (SSSR count).